The van der Waals surface area contributed by atoms with E-state index in [2.05, 4.69) is 10.3 Å². The molecule has 0 aliphatic carbocycles. The monoisotopic (exact) mass is 527 g/mol. The summed E-state index contributed by atoms with van der Waals surface area (Å²) < 4.78 is 5.40. The standard InChI is InChI=1S/C33H25N3O4/c1-40-23-11-6-9-21(18-23)30(38)28-27(29(37)22-10-7-16-34-19-22)33(25-13-4-5-14-26(25)35-32(33)39)31-24-12-3-2-8-20(24)15-17-36(28)31/h2-19,27-28,31H,1H3,(H,35,39). The van der Waals surface area contributed by atoms with E-state index in [1.54, 1.807) is 49.7 Å². The number of hydrogen-bond acceptors (Lipinski definition) is 6. The van der Waals surface area contributed by atoms with Crippen molar-refractivity contribution in [3.05, 3.63) is 131 Å². The van der Waals surface area contributed by atoms with Crippen molar-refractivity contribution in [3.8, 4) is 5.75 Å². The molecular weight excluding hydrogens is 502 g/mol. The van der Waals surface area contributed by atoms with Crippen molar-refractivity contribution >= 4 is 29.2 Å². The number of ketones is 2. The smallest absolute Gasteiger partial charge is 0.238 e. The number of para-hydroxylation sites is 1. The largest absolute Gasteiger partial charge is 0.497 e. The molecule has 0 radical (unpaired) electrons. The van der Waals surface area contributed by atoms with E-state index in [9.17, 15) is 14.4 Å². The second-order valence-corrected chi connectivity index (χ2v) is 10.3. The average Bonchev–Trinajstić information content (AvgIpc) is 3.49. The zero-order valence-electron chi connectivity index (χ0n) is 21.7. The number of rotatable bonds is 5. The van der Waals surface area contributed by atoms with E-state index in [1.165, 1.54) is 6.20 Å². The van der Waals surface area contributed by atoms with Gasteiger partial charge in [0.1, 0.15) is 17.2 Å². The number of Topliss-reactive ketones (excluding diaryl/α,β-unsaturated/α-hetero) is 2. The van der Waals surface area contributed by atoms with Crippen LogP contribution in [0.25, 0.3) is 6.08 Å². The van der Waals surface area contributed by atoms with E-state index < -0.39 is 23.4 Å². The van der Waals surface area contributed by atoms with E-state index in [0.29, 0.717) is 28.1 Å². The maximum atomic E-state index is 14.6. The number of pyridine rings is 1. The van der Waals surface area contributed by atoms with Crippen LogP contribution in [-0.4, -0.2) is 40.5 Å². The van der Waals surface area contributed by atoms with Gasteiger partial charge >= 0.3 is 0 Å². The fourth-order valence-electron chi connectivity index (χ4n) is 6.80. The van der Waals surface area contributed by atoms with Gasteiger partial charge in [0.05, 0.1) is 19.1 Å². The molecule has 4 unspecified atom stereocenters. The summed E-state index contributed by atoms with van der Waals surface area (Å²) in [6.45, 7) is 0. The van der Waals surface area contributed by atoms with E-state index in [4.69, 9.17) is 4.74 Å². The topological polar surface area (TPSA) is 88.6 Å². The Morgan fingerprint density at radius 1 is 0.925 bits per heavy atom. The quantitative estimate of drug-likeness (QED) is 0.365. The number of hydrogen-bond donors (Lipinski definition) is 1. The fourth-order valence-corrected chi connectivity index (χ4v) is 6.80. The molecule has 0 bridgehead atoms. The van der Waals surface area contributed by atoms with Gasteiger partial charge in [0.25, 0.3) is 0 Å². The Balaban J connectivity index is 1.54. The molecule has 4 atom stereocenters. The number of nitrogens with zero attached hydrogens (tertiary/aromatic N) is 2. The van der Waals surface area contributed by atoms with Crippen molar-refractivity contribution in [2.24, 2.45) is 5.92 Å². The number of carbonyl (C=O) groups is 3. The number of ether oxygens (including phenoxy) is 1. The minimum Gasteiger partial charge on any atom is -0.497 e. The van der Waals surface area contributed by atoms with Gasteiger partial charge < -0.3 is 15.0 Å². The average molecular weight is 528 g/mol. The van der Waals surface area contributed by atoms with Gasteiger partial charge in [-0.2, -0.15) is 0 Å². The van der Waals surface area contributed by atoms with Crippen LogP contribution in [0, 0.1) is 5.92 Å². The molecule has 196 valence electrons. The summed E-state index contributed by atoms with van der Waals surface area (Å²) in [6, 6.07) is 24.1. The van der Waals surface area contributed by atoms with Crippen LogP contribution < -0.4 is 10.1 Å². The minimum absolute atomic E-state index is 0.260. The molecule has 7 rings (SSSR count). The maximum absolute atomic E-state index is 14.6. The molecule has 7 nitrogen and oxygen atoms in total. The molecule has 3 aromatic carbocycles. The van der Waals surface area contributed by atoms with Gasteiger partial charge in [-0.05, 0) is 53.1 Å². The summed E-state index contributed by atoms with van der Waals surface area (Å²) in [4.78, 5) is 49.7. The number of fused-ring (bicyclic) bond motifs is 6. The highest BCUT2D eigenvalue weighted by Crippen LogP contribution is 2.62. The van der Waals surface area contributed by atoms with Gasteiger partial charge in [0.2, 0.25) is 5.91 Å². The third-order valence-electron chi connectivity index (χ3n) is 8.42. The first-order valence-corrected chi connectivity index (χ1v) is 13.1. The number of benzene rings is 3. The van der Waals surface area contributed by atoms with Crippen LogP contribution in [0.2, 0.25) is 0 Å². The first-order valence-electron chi connectivity index (χ1n) is 13.1. The van der Waals surface area contributed by atoms with Crippen molar-refractivity contribution in [3.63, 3.8) is 0 Å². The highest BCUT2D eigenvalue weighted by atomic mass is 16.5. The molecule has 4 aromatic rings. The van der Waals surface area contributed by atoms with Crippen LogP contribution in [-0.2, 0) is 10.2 Å². The van der Waals surface area contributed by atoms with Crippen LogP contribution >= 0.6 is 0 Å². The third kappa shape index (κ3) is 3.24. The Labute approximate surface area is 231 Å². The number of methoxy groups -OCH3 is 1. The Kier molecular flexibility index (Phi) is 5.42. The van der Waals surface area contributed by atoms with E-state index in [-0.39, 0.29) is 17.5 Å². The minimum atomic E-state index is -1.37. The predicted octanol–water partition coefficient (Wildman–Crippen LogP) is 5.07. The summed E-state index contributed by atoms with van der Waals surface area (Å²) in [5, 5.41) is 3.06. The van der Waals surface area contributed by atoms with Gasteiger partial charge in [0.15, 0.2) is 11.6 Å². The molecule has 40 heavy (non-hydrogen) atoms. The Morgan fingerprint density at radius 3 is 2.55 bits per heavy atom. The number of carbonyl (C=O) groups excluding carboxylic acids is 3. The van der Waals surface area contributed by atoms with E-state index >= 15 is 0 Å². The summed E-state index contributed by atoms with van der Waals surface area (Å²) in [6.07, 6.45) is 6.91. The normalized spacial score (nSPS) is 23.8. The Morgan fingerprint density at radius 2 is 1.73 bits per heavy atom. The van der Waals surface area contributed by atoms with Gasteiger partial charge in [-0.25, -0.2) is 0 Å². The van der Waals surface area contributed by atoms with Crippen LogP contribution in [0.15, 0.2) is 104 Å². The maximum Gasteiger partial charge on any atom is 0.238 e. The lowest BCUT2D eigenvalue weighted by atomic mass is 9.62. The first-order chi connectivity index (χ1) is 19.6. The van der Waals surface area contributed by atoms with Crippen molar-refractivity contribution < 1.29 is 19.1 Å². The third-order valence-corrected chi connectivity index (χ3v) is 8.42. The number of aromatic nitrogens is 1. The second-order valence-electron chi connectivity index (χ2n) is 10.3. The summed E-state index contributed by atoms with van der Waals surface area (Å²) in [5.74, 6) is -1.36. The van der Waals surface area contributed by atoms with Gasteiger partial charge in [-0.3, -0.25) is 19.4 Å². The Hall–Kier alpha value is -5.04. The Bertz CT molecular complexity index is 1720. The number of anilines is 1. The molecule has 1 amide bonds. The molecule has 1 fully saturated rings. The predicted molar refractivity (Wildman–Crippen MR) is 150 cm³/mol. The van der Waals surface area contributed by atoms with Crippen molar-refractivity contribution in [1.82, 2.24) is 9.88 Å². The molecule has 3 aliphatic rings. The molecule has 1 aromatic heterocycles. The van der Waals surface area contributed by atoms with E-state index in [0.717, 1.165) is 11.1 Å². The molecule has 3 aliphatic heterocycles. The second kappa shape index (κ2) is 9.02. The highest BCUT2D eigenvalue weighted by molar-refractivity contribution is 6.16. The fraction of sp³-hybridized carbons (Fsp3) is 0.152. The molecule has 1 saturated heterocycles. The summed E-state index contributed by atoms with van der Waals surface area (Å²) in [5.41, 5.74) is 2.59. The molecule has 7 heteroatoms. The van der Waals surface area contributed by atoms with E-state index in [1.807, 2.05) is 65.7 Å². The van der Waals surface area contributed by atoms with Gasteiger partial charge in [-0.15, -0.1) is 0 Å². The van der Waals surface area contributed by atoms with Gasteiger partial charge in [-0.1, -0.05) is 54.6 Å². The number of amides is 1. The molecule has 1 spiro atoms. The van der Waals surface area contributed by atoms with Crippen molar-refractivity contribution in [2.45, 2.75) is 17.5 Å². The lowest BCUT2D eigenvalue weighted by Crippen LogP contribution is -2.49. The van der Waals surface area contributed by atoms with Crippen LogP contribution in [0.1, 0.15) is 43.4 Å². The summed E-state index contributed by atoms with van der Waals surface area (Å²) in [7, 11) is 1.54. The first kappa shape index (κ1) is 24.0. The molecule has 0 saturated carbocycles. The molecule has 1 N–H and O–H groups in total. The van der Waals surface area contributed by atoms with Crippen molar-refractivity contribution in [2.75, 3.05) is 12.4 Å². The molecular formula is C33H25N3O4. The number of nitrogens with one attached hydrogen (secondary N) is 1. The zero-order chi connectivity index (χ0) is 27.4. The molecule has 4 heterocycles. The zero-order valence-corrected chi connectivity index (χ0v) is 21.7. The van der Waals surface area contributed by atoms with Crippen molar-refractivity contribution in [1.29, 1.82) is 0 Å². The summed E-state index contributed by atoms with van der Waals surface area (Å²) >= 11 is 0. The van der Waals surface area contributed by atoms with Crippen LogP contribution in [0.5, 0.6) is 5.75 Å². The lowest BCUT2D eigenvalue weighted by molar-refractivity contribution is -0.122. The highest BCUT2D eigenvalue weighted by Gasteiger charge is 2.70. The van der Waals surface area contributed by atoms with Crippen LogP contribution in [0.3, 0.4) is 0 Å². The van der Waals surface area contributed by atoms with Crippen LogP contribution in [0.4, 0.5) is 5.69 Å². The SMILES string of the molecule is COc1cccc(C(=O)C2C(C(=O)c3cccnc3)C3(C(=O)Nc4ccccc43)C3c4ccccc4C=CN23)c1. The van der Waals surface area contributed by atoms with Gasteiger partial charge in [0, 0.05) is 35.4 Å². The lowest BCUT2D eigenvalue weighted by Gasteiger charge is -2.38.